The van der Waals surface area contributed by atoms with Crippen molar-refractivity contribution in [2.24, 2.45) is 11.5 Å². The number of unbranched alkanes of at least 4 members (excludes halogenated alkanes) is 1. The first-order chi connectivity index (χ1) is 34.9. The quantitative estimate of drug-likeness (QED) is 0.0124. The maximum Gasteiger partial charge on any atom is 0.490 e. The van der Waals surface area contributed by atoms with Gasteiger partial charge in [-0.25, -0.2) is 32.9 Å². The summed E-state index contributed by atoms with van der Waals surface area (Å²) in [7, 11) is -14.2. The van der Waals surface area contributed by atoms with E-state index in [0.717, 1.165) is 10.8 Å². The topological polar surface area (TPSA) is 408 Å². The second kappa shape index (κ2) is 29.7. The van der Waals surface area contributed by atoms with Crippen LogP contribution in [0.4, 0.5) is 5.82 Å². The first-order valence-corrected chi connectivity index (χ1v) is 29.3. The van der Waals surface area contributed by atoms with E-state index in [2.05, 4.69) is 30.8 Å². The summed E-state index contributed by atoms with van der Waals surface area (Å²) in [6.07, 6.45) is -0.847. The van der Waals surface area contributed by atoms with Crippen molar-refractivity contribution in [1.29, 1.82) is 0 Å². The van der Waals surface area contributed by atoms with Gasteiger partial charge >= 0.3 is 47.1 Å². The number of nitrogens with zero attached hydrogens (tertiary/aromatic N) is 2. The lowest BCUT2D eigenvalue weighted by Crippen LogP contribution is -2.31. The van der Waals surface area contributed by atoms with E-state index >= 15 is 0 Å². The zero-order valence-corrected chi connectivity index (χ0v) is 44.3. The van der Waals surface area contributed by atoms with E-state index in [4.69, 9.17) is 59.9 Å². The molecule has 11 N–H and O–H groups in total. The number of amides is 1. The van der Waals surface area contributed by atoms with Crippen LogP contribution in [0.25, 0.3) is 0 Å². The van der Waals surface area contributed by atoms with Gasteiger partial charge in [0.1, 0.15) is 36.6 Å². The van der Waals surface area contributed by atoms with E-state index in [-0.39, 0.29) is 85.2 Å². The number of ether oxygens (including phenoxy) is 6. The number of carbonyl (C=O) groups is 4. The molecule has 1 aliphatic heterocycles. The van der Waals surface area contributed by atoms with Crippen molar-refractivity contribution in [1.82, 2.24) is 14.9 Å². The third-order valence-electron chi connectivity index (χ3n) is 9.86. The highest BCUT2D eigenvalue weighted by Crippen LogP contribution is 2.66. The first kappa shape index (κ1) is 62.0. The molecule has 74 heavy (non-hydrogen) atoms. The lowest BCUT2D eigenvalue weighted by atomic mass is 10.0. The smallest absolute Gasteiger partial charge is 0.462 e. The molecule has 4 rings (SSSR count). The van der Waals surface area contributed by atoms with Gasteiger partial charge in [0, 0.05) is 36.9 Å². The molecule has 2 heterocycles. The largest absolute Gasteiger partial charge is 0.490 e. The van der Waals surface area contributed by atoms with Crippen LogP contribution in [0.2, 0.25) is 0 Å². The summed E-state index contributed by atoms with van der Waals surface area (Å²) in [5.74, 6) is 2.57. The number of anilines is 1. The number of phosphoric ester groups is 1. The highest BCUT2D eigenvalue weighted by molar-refractivity contribution is 8.76. The van der Waals surface area contributed by atoms with Crippen LogP contribution in [-0.4, -0.2) is 124 Å². The minimum Gasteiger partial charge on any atom is -0.462 e. The van der Waals surface area contributed by atoms with Crippen LogP contribution >= 0.6 is 45.1 Å². The van der Waals surface area contributed by atoms with Crippen LogP contribution in [0.5, 0.6) is 5.75 Å². The molecule has 0 bridgehead atoms. The summed E-state index contributed by atoms with van der Waals surface area (Å²) in [5, 5.41) is 2.50. The molecule has 1 saturated heterocycles. The predicted octanol–water partition coefficient (Wildman–Crippen LogP) is 3.17. The maximum absolute atomic E-state index is 13.4. The van der Waals surface area contributed by atoms with Crippen molar-refractivity contribution < 1.29 is 94.0 Å². The Morgan fingerprint density at radius 3 is 2.38 bits per heavy atom. The van der Waals surface area contributed by atoms with Crippen LogP contribution < -0.4 is 32.9 Å². The fourth-order valence-corrected chi connectivity index (χ4v) is 11.4. The molecule has 0 spiro atoms. The van der Waals surface area contributed by atoms with Crippen molar-refractivity contribution in [3.8, 4) is 17.6 Å². The standard InChI is InChI=1S/C42H57N6O21P3S2/c1-26(44)30-10-4-5-11-32(30)41(52)67-34-22-37(66-35(34)24-64-71(57,58)69-72(59,60)68-70(54,55)56)48-23-28(39(45)47-42(48)53)9-8-16-46-36(49)12-6-7-17-63-40(51)33-21-29(13-14-31(33)27(2)74-73-3)65-38(50)25-62-20-19-61-18-15-43/h4-5,10-11,13-14,21,23,26-27,34-35,37H,6-7,12,15-20,22,24-25,43-44H2,1-3H3,(H,46,49)(H,57,58)(H,59,60)(H2,45,47,53)(H2,54,55,56)/t26?,27?,34-,35?,37-/m1/s1. The lowest BCUT2D eigenvalue weighted by Gasteiger charge is -2.21. The Morgan fingerprint density at radius 2 is 1.68 bits per heavy atom. The van der Waals surface area contributed by atoms with E-state index in [1.165, 1.54) is 39.8 Å². The van der Waals surface area contributed by atoms with Gasteiger partial charge in [0.15, 0.2) is 0 Å². The fourth-order valence-electron chi connectivity index (χ4n) is 6.63. The summed E-state index contributed by atoms with van der Waals surface area (Å²) >= 11 is 0. The van der Waals surface area contributed by atoms with Crippen molar-refractivity contribution >= 4 is 74.7 Å². The molecular weight excluding hydrogens is 1080 g/mol. The van der Waals surface area contributed by atoms with Crippen LogP contribution in [0.15, 0.2) is 53.5 Å². The molecule has 5 unspecified atom stereocenters. The number of nitrogens with one attached hydrogen (secondary N) is 1. The number of esters is 3. The molecule has 27 nitrogen and oxygen atoms in total. The van der Waals surface area contributed by atoms with Crippen LogP contribution in [-0.2, 0) is 60.1 Å². The van der Waals surface area contributed by atoms with E-state index in [0.29, 0.717) is 37.1 Å². The summed E-state index contributed by atoms with van der Waals surface area (Å²) in [5.41, 5.74) is 17.7. The van der Waals surface area contributed by atoms with Gasteiger partial charge in [-0.3, -0.25) is 13.9 Å². The van der Waals surface area contributed by atoms with Crippen LogP contribution in [0.3, 0.4) is 0 Å². The number of hydrogen-bond donors (Lipinski definition) is 8. The Kier molecular flexibility index (Phi) is 24.9. The van der Waals surface area contributed by atoms with Gasteiger partial charge in [-0.1, -0.05) is 57.7 Å². The Morgan fingerprint density at radius 1 is 0.946 bits per heavy atom. The van der Waals surface area contributed by atoms with Crippen LogP contribution in [0.1, 0.15) is 94.5 Å². The molecule has 1 amide bonds. The van der Waals surface area contributed by atoms with E-state index in [1.807, 2.05) is 13.2 Å². The zero-order valence-electron chi connectivity index (χ0n) is 40.0. The third-order valence-corrected chi connectivity index (χ3v) is 15.8. The molecule has 7 atom stereocenters. The molecule has 0 radical (unpaired) electrons. The van der Waals surface area contributed by atoms with Gasteiger partial charge in [-0.15, -0.1) is 0 Å². The Hall–Kier alpha value is -4.53. The predicted molar refractivity (Wildman–Crippen MR) is 266 cm³/mol. The molecular formula is C42H57N6O21P3S2. The Balaban J connectivity index is 1.35. The van der Waals surface area contributed by atoms with Gasteiger partial charge < -0.3 is 70.5 Å². The molecule has 0 aliphatic carbocycles. The normalized spacial score (nSPS) is 17.9. The summed E-state index contributed by atoms with van der Waals surface area (Å²) < 4.78 is 81.7. The van der Waals surface area contributed by atoms with Crippen molar-refractivity contribution in [2.45, 2.75) is 69.3 Å². The summed E-state index contributed by atoms with van der Waals surface area (Å²) in [6.45, 7) is 3.09. The van der Waals surface area contributed by atoms with Crippen molar-refractivity contribution in [3.63, 3.8) is 0 Å². The minimum absolute atomic E-state index is 0.0112. The summed E-state index contributed by atoms with van der Waals surface area (Å²) in [4.78, 5) is 106. The number of benzene rings is 2. The van der Waals surface area contributed by atoms with E-state index < -0.39 is 78.2 Å². The number of aromatic nitrogens is 2. The Labute approximate surface area is 432 Å². The lowest BCUT2D eigenvalue weighted by molar-refractivity contribution is -0.140. The van der Waals surface area contributed by atoms with Gasteiger partial charge in [0.25, 0.3) is 0 Å². The molecule has 2 aromatic carbocycles. The van der Waals surface area contributed by atoms with Gasteiger partial charge in [-0.05, 0) is 62.3 Å². The second-order valence-electron chi connectivity index (χ2n) is 15.6. The van der Waals surface area contributed by atoms with E-state index in [1.54, 1.807) is 31.2 Å². The number of nitrogens with two attached hydrogens (primary N) is 3. The fraction of sp³-hybridized carbons (Fsp3) is 0.476. The van der Waals surface area contributed by atoms with Crippen molar-refractivity contribution in [2.75, 3.05) is 64.7 Å². The molecule has 1 aromatic heterocycles. The SMILES string of the molecule is CSSC(C)c1ccc(OC(=O)COCCOCCN)cc1C(=O)OCCCCC(=O)NCC#Cc1cn([C@H]2C[C@@H](OC(=O)c3ccccc3C(C)N)C(COP(=O)(O)OP(=O)(O)OP(=O)(O)O)O2)c(=O)nc1N. The average molecular weight is 1140 g/mol. The number of phosphoric acid groups is 3. The third kappa shape index (κ3) is 20.9. The number of carbonyl (C=O) groups excluding carboxylic acids is 4. The number of nitrogen functional groups attached to an aromatic ring is 1. The molecule has 0 saturated carbocycles. The zero-order chi connectivity index (χ0) is 54.6. The number of rotatable bonds is 29. The monoisotopic (exact) mass is 1140 g/mol. The highest BCUT2D eigenvalue weighted by Gasteiger charge is 2.45. The molecule has 32 heteroatoms. The average Bonchev–Trinajstić information content (AvgIpc) is 3.71. The maximum atomic E-state index is 13.4. The number of hydrogen-bond acceptors (Lipinski definition) is 23. The Bertz CT molecular complexity index is 2700. The molecule has 3 aromatic rings. The molecule has 1 fully saturated rings. The highest BCUT2D eigenvalue weighted by atomic mass is 33.1. The minimum atomic E-state index is -5.89. The molecule has 1 aliphatic rings. The molecule has 408 valence electrons. The van der Waals surface area contributed by atoms with E-state index in [9.17, 15) is 47.5 Å². The second-order valence-corrected chi connectivity index (χ2v) is 22.8. The van der Waals surface area contributed by atoms with Gasteiger partial charge in [0.2, 0.25) is 5.91 Å². The van der Waals surface area contributed by atoms with Gasteiger partial charge in [0.05, 0.1) is 56.3 Å². The van der Waals surface area contributed by atoms with Crippen molar-refractivity contribution in [3.05, 3.63) is 87.0 Å². The summed E-state index contributed by atoms with van der Waals surface area (Å²) in [6, 6.07) is 10.2. The first-order valence-electron chi connectivity index (χ1n) is 22.1. The van der Waals surface area contributed by atoms with Crippen LogP contribution in [0, 0.1) is 11.8 Å². The van der Waals surface area contributed by atoms with Gasteiger partial charge in [-0.2, -0.15) is 13.6 Å².